The molecule has 0 amide bonds. The van der Waals surface area contributed by atoms with Crippen LogP contribution in [0.2, 0.25) is 0 Å². The van der Waals surface area contributed by atoms with Crippen molar-refractivity contribution < 1.29 is 4.74 Å². The fraction of sp³-hybridized carbons (Fsp3) is 0.350. The highest BCUT2D eigenvalue weighted by molar-refractivity contribution is 5.76. The molecule has 0 spiro atoms. The molecule has 0 aliphatic heterocycles. The number of aromatic amines is 1. The van der Waals surface area contributed by atoms with E-state index in [9.17, 15) is 0 Å². The lowest BCUT2D eigenvalue weighted by Gasteiger charge is -2.22. The van der Waals surface area contributed by atoms with Crippen molar-refractivity contribution in [2.45, 2.75) is 44.8 Å². The molecule has 1 N–H and O–H groups in total. The van der Waals surface area contributed by atoms with Gasteiger partial charge in [0, 0.05) is 11.6 Å². The number of ether oxygens (including phenoxy) is 1. The molecule has 1 aliphatic carbocycles. The monoisotopic (exact) mass is 306 g/mol. The topological polar surface area (TPSA) is 37.9 Å². The van der Waals surface area contributed by atoms with E-state index in [0.29, 0.717) is 6.10 Å². The van der Waals surface area contributed by atoms with Gasteiger partial charge in [0.2, 0.25) is 0 Å². The molecule has 1 aromatic carbocycles. The molecule has 118 valence electrons. The van der Waals surface area contributed by atoms with Gasteiger partial charge in [-0.1, -0.05) is 42.7 Å². The lowest BCUT2D eigenvalue weighted by atomic mass is 10.0. The number of rotatable bonds is 4. The van der Waals surface area contributed by atoms with Gasteiger partial charge in [-0.25, -0.2) is 4.98 Å². The average Bonchev–Trinajstić information content (AvgIpc) is 3.22. The second-order valence-electron chi connectivity index (χ2n) is 6.50. The lowest BCUT2D eigenvalue weighted by molar-refractivity contribution is 0.0110. The predicted molar refractivity (Wildman–Crippen MR) is 92.5 cm³/mol. The van der Waals surface area contributed by atoms with Crippen molar-refractivity contribution in [2.75, 3.05) is 0 Å². The number of benzene rings is 1. The molecule has 1 aliphatic rings. The van der Waals surface area contributed by atoms with Crippen LogP contribution in [0.5, 0.6) is 0 Å². The Morgan fingerprint density at radius 2 is 1.91 bits per heavy atom. The largest absolute Gasteiger partial charge is 0.364 e. The molecule has 3 nitrogen and oxygen atoms in total. The highest BCUT2D eigenvalue weighted by Gasteiger charge is 2.24. The first-order valence-electron chi connectivity index (χ1n) is 8.45. The van der Waals surface area contributed by atoms with Crippen LogP contribution in [-0.2, 0) is 4.74 Å². The minimum atomic E-state index is -0.0482. The number of hydrogen-bond acceptors (Lipinski definition) is 2. The van der Waals surface area contributed by atoms with Crippen LogP contribution in [0.1, 0.15) is 48.6 Å². The Balaban J connectivity index is 1.72. The molecule has 0 saturated heterocycles. The molecule has 23 heavy (non-hydrogen) atoms. The molecule has 1 atom stereocenters. The Hall–Kier alpha value is -2.13. The van der Waals surface area contributed by atoms with E-state index in [4.69, 9.17) is 4.74 Å². The van der Waals surface area contributed by atoms with Gasteiger partial charge in [-0.2, -0.15) is 0 Å². The van der Waals surface area contributed by atoms with Gasteiger partial charge in [0.15, 0.2) is 0 Å². The van der Waals surface area contributed by atoms with Crippen LogP contribution in [0.25, 0.3) is 11.0 Å². The highest BCUT2D eigenvalue weighted by Crippen LogP contribution is 2.33. The predicted octanol–water partition coefficient (Wildman–Crippen LogP) is 4.92. The second kappa shape index (κ2) is 6.17. The number of nitrogens with zero attached hydrogens (tertiary/aromatic N) is 1. The Kier molecular flexibility index (Phi) is 3.88. The van der Waals surface area contributed by atoms with E-state index in [1.807, 2.05) is 12.3 Å². The van der Waals surface area contributed by atoms with Gasteiger partial charge < -0.3 is 9.72 Å². The van der Waals surface area contributed by atoms with Crippen molar-refractivity contribution in [3.05, 3.63) is 65.5 Å². The van der Waals surface area contributed by atoms with E-state index < -0.39 is 0 Å². The summed E-state index contributed by atoms with van der Waals surface area (Å²) < 4.78 is 6.49. The van der Waals surface area contributed by atoms with Crippen molar-refractivity contribution in [2.24, 2.45) is 0 Å². The Morgan fingerprint density at radius 1 is 1.13 bits per heavy atom. The van der Waals surface area contributed by atoms with Crippen LogP contribution in [0.15, 0.2) is 48.7 Å². The summed E-state index contributed by atoms with van der Waals surface area (Å²) in [4.78, 5) is 7.86. The van der Waals surface area contributed by atoms with E-state index in [1.54, 1.807) is 0 Å². The third-order valence-electron chi connectivity index (χ3n) is 4.71. The molecule has 3 aromatic rings. The summed E-state index contributed by atoms with van der Waals surface area (Å²) in [5.74, 6) is 0. The van der Waals surface area contributed by atoms with Crippen LogP contribution in [-0.4, -0.2) is 16.1 Å². The first-order chi connectivity index (χ1) is 11.3. The third kappa shape index (κ3) is 3.02. The van der Waals surface area contributed by atoms with Gasteiger partial charge in [0.05, 0.1) is 11.8 Å². The fourth-order valence-corrected chi connectivity index (χ4v) is 3.41. The zero-order chi connectivity index (χ0) is 15.6. The van der Waals surface area contributed by atoms with Crippen LogP contribution < -0.4 is 0 Å². The van der Waals surface area contributed by atoms with Crippen molar-refractivity contribution in [1.82, 2.24) is 9.97 Å². The number of pyridine rings is 1. The van der Waals surface area contributed by atoms with Gasteiger partial charge in [-0.3, -0.25) is 0 Å². The van der Waals surface area contributed by atoms with Crippen molar-refractivity contribution in [1.29, 1.82) is 0 Å². The molecule has 2 aromatic heterocycles. The molecule has 1 unspecified atom stereocenters. The summed E-state index contributed by atoms with van der Waals surface area (Å²) in [6, 6.07) is 14.9. The molecule has 2 heterocycles. The van der Waals surface area contributed by atoms with Crippen molar-refractivity contribution in [3.8, 4) is 0 Å². The molecule has 1 fully saturated rings. The maximum absolute atomic E-state index is 6.49. The van der Waals surface area contributed by atoms with E-state index in [0.717, 1.165) is 16.7 Å². The fourth-order valence-electron chi connectivity index (χ4n) is 3.41. The first-order valence-corrected chi connectivity index (χ1v) is 8.45. The van der Waals surface area contributed by atoms with E-state index in [1.165, 1.54) is 36.8 Å². The Labute approximate surface area is 136 Å². The molecular weight excluding hydrogens is 284 g/mol. The van der Waals surface area contributed by atoms with Crippen LogP contribution in [0.4, 0.5) is 0 Å². The summed E-state index contributed by atoms with van der Waals surface area (Å²) in [6.45, 7) is 2.11. The molecule has 0 radical (unpaired) electrons. The van der Waals surface area contributed by atoms with Gasteiger partial charge in [0.1, 0.15) is 11.8 Å². The van der Waals surface area contributed by atoms with Gasteiger partial charge >= 0.3 is 0 Å². The zero-order valence-electron chi connectivity index (χ0n) is 13.5. The summed E-state index contributed by atoms with van der Waals surface area (Å²) in [5, 5.41) is 1.13. The van der Waals surface area contributed by atoms with Crippen LogP contribution in [0, 0.1) is 6.92 Å². The third-order valence-corrected chi connectivity index (χ3v) is 4.71. The normalized spacial score (nSPS) is 16.9. The first kappa shape index (κ1) is 14.5. The number of H-pyrrole nitrogens is 1. The standard InChI is InChI=1S/C20H22N2O/c1-14-8-10-15(11-9-14)19(23-17-6-2-3-7-17)18-13-16-5-4-12-21-20(16)22-18/h4-5,8-13,17,19H,2-3,6-7H2,1H3,(H,21,22). The minimum absolute atomic E-state index is 0.0482. The van der Waals surface area contributed by atoms with Crippen LogP contribution >= 0.6 is 0 Å². The summed E-state index contributed by atoms with van der Waals surface area (Å²) in [6.07, 6.45) is 7.02. The molecule has 0 bridgehead atoms. The quantitative estimate of drug-likeness (QED) is 0.743. The zero-order valence-corrected chi connectivity index (χ0v) is 13.5. The molecule has 4 rings (SSSR count). The number of nitrogens with one attached hydrogen (secondary N) is 1. The number of aromatic nitrogens is 2. The summed E-state index contributed by atoms with van der Waals surface area (Å²) in [5.41, 5.74) is 4.49. The van der Waals surface area contributed by atoms with Gasteiger partial charge in [0.25, 0.3) is 0 Å². The van der Waals surface area contributed by atoms with Crippen molar-refractivity contribution in [3.63, 3.8) is 0 Å². The number of hydrogen-bond donors (Lipinski definition) is 1. The second-order valence-corrected chi connectivity index (χ2v) is 6.50. The van der Waals surface area contributed by atoms with Gasteiger partial charge in [-0.05, 0) is 43.5 Å². The van der Waals surface area contributed by atoms with Gasteiger partial charge in [-0.15, -0.1) is 0 Å². The highest BCUT2D eigenvalue weighted by atomic mass is 16.5. The Bertz CT molecular complexity index is 752. The average molecular weight is 306 g/mol. The number of aryl methyl sites for hydroxylation is 1. The lowest BCUT2D eigenvalue weighted by Crippen LogP contribution is -2.15. The van der Waals surface area contributed by atoms with Crippen LogP contribution in [0.3, 0.4) is 0 Å². The number of fused-ring (bicyclic) bond motifs is 1. The minimum Gasteiger partial charge on any atom is -0.364 e. The maximum atomic E-state index is 6.49. The van der Waals surface area contributed by atoms with E-state index in [2.05, 4.69) is 53.3 Å². The molecule has 3 heteroatoms. The SMILES string of the molecule is Cc1ccc(C(OC2CCCC2)c2cc3cccnc3[nH]2)cc1. The summed E-state index contributed by atoms with van der Waals surface area (Å²) >= 11 is 0. The Morgan fingerprint density at radius 3 is 2.65 bits per heavy atom. The maximum Gasteiger partial charge on any atom is 0.137 e. The van der Waals surface area contributed by atoms with Crippen molar-refractivity contribution >= 4 is 11.0 Å². The molecular formula is C20H22N2O. The smallest absolute Gasteiger partial charge is 0.137 e. The van der Waals surface area contributed by atoms with E-state index >= 15 is 0 Å². The summed E-state index contributed by atoms with van der Waals surface area (Å²) in [7, 11) is 0. The molecule has 1 saturated carbocycles. The van der Waals surface area contributed by atoms with E-state index in [-0.39, 0.29) is 6.10 Å².